The molecular formula is C96H101Cl4FN42. The monoisotopic (exact) mass is 2000 g/mol. The van der Waals surface area contributed by atoms with Crippen molar-refractivity contribution in [2.75, 3.05) is 114 Å². The topological polar surface area (TPSA) is 507 Å². The summed E-state index contributed by atoms with van der Waals surface area (Å²) in [5, 5.41) is 84.4. The van der Waals surface area contributed by atoms with Crippen molar-refractivity contribution in [3.05, 3.63) is 208 Å². The molecule has 0 bridgehead atoms. The summed E-state index contributed by atoms with van der Waals surface area (Å²) in [5.74, 6) is 8.08. The molecule has 0 saturated carbocycles. The van der Waals surface area contributed by atoms with Gasteiger partial charge in [-0.1, -0.05) is 94.9 Å². The van der Waals surface area contributed by atoms with Gasteiger partial charge in [-0.15, -0.1) is 20.4 Å². The van der Waals surface area contributed by atoms with E-state index in [2.05, 4.69) is 227 Å². The quantitative estimate of drug-likeness (QED) is 0.0250. The first kappa shape index (κ1) is 98.5. The minimum absolute atomic E-state index is 0.164. The number of aryl methyl sites for hydroxylation is 2. The van der Waals surface area contributed by atoms with Gasteiger partial charge in [0.15, 0.2) is 74.7 Å². The van der Waals surface area contributed by atoms with Gasteiger partial charge in [0.25, 0.3) is 0 Å². The molecule has 0 aliphatic carbocycles. The predicted octanol–water partition coefficient (Wildman–Crippen LogP) is 16.7. The van der Waals surface area contributed by atoms with Crippen LogP contribution in [0.15, 0.2) is 160 Å². The first-order chi connectivity index (χ1) is 69.4. The van der Waals surface area contributed by atoms with E-state index in [4.69, 9.17) is 67.5 Å². The number of aromatic nitrogens is 26. The number of imidazole rings is 3. The highest BCUT2D eigenvalue weighted by atomic mass is 35.5. The third-order valence-corrected chi connectivity index (χ3v) is 24.9. The van der Waals surface area contributed by atoms with Crippen LogP contribution in [-0.2, 0) is 25.0 Å². The smallest absolute Gasteiger partial charge is 0.229 e. The molecule has 2 atom stereocenters. The SMILES string of the molecule is CC(C)(C)c1nc2cc(Nc3ncc(Cl)c(NC4CCN(c5ccc(C#N)cn5)CC4F)n3)ccn2n1.CC(C)Cn1cnc2ncc(Nc3ncc(Cl)c(NC4CCN(c5ccc(C#N)nn5)CC4)n3)cc21.CCCn1cnc2cc(Nc3ncc(Cl)c(NC4CCN(c5ccc(C#N)cn5)CC4)n3)cnc21.CCCn1cnc2cc(Nc3ncc(Cl)c(NC4CCN(c5ccc(C#N)nn5)CC4)n3)cnc21. The number of rotatable bonds is 26. The van der Waals surface area contributed by atoms with E-state index in [1.807, 2.05) is 106 Å². The molecule has 20 rings (SSSR count). The van der Waals surface area contributed by atoms with Gasteiger partial charge in [0.1, 0.15) is 73.2 Å². The van der Waals surface area contributed by atoms with E-state index in [1.165, 1.54) is 12.4 Å². The lowest BCUT2D eigenvalue weighted by Gasteiger charge is -2.36. The fourth-order valence-electron chi connectivity index (χ4n) is 16.5. The first-order valence-electron chi connectivity index (χ1n) is 46.8. The summed E-state index contributed by atoms with van der Waals surface area (Å²) >= 11 is 25.5. The zero-order valence-electron chi connectivity index (χ0n) is 79.2. The van der Waals surface area contributed by atoms with Crippen LogP contribution in [-0.4, -0.2) is 211 Å². The fraction of sp³-hybridized carbons (Fsp3) is 0.354. The number of piperidine rings is 4. The van der Waals surface area contributed by atoms with Crippen LogP contribution in [0.2, 0.25) is 20.1 Å². The molecule has 730 valence electrons. The van der Waals surface area contributed by atoms with Gasteiger partial charge in [0.2, 0.25) is 23.8 Å². The molecule has 0 amide bonds. The molecule has 4 aliphatic heterocycles. The summed E-state index contributed by atoms with van der Waals surface area (Å²) in [7, 11) is 0. The average Bonchev–Trinajstić information content (AvgIpc) is 1.68. The van der Waals surface area contributed by atoms with E-state index in [0.29, 0.717) is 126 Å². The van der Waals surface area contributed by atoms with Crippen LogP contribution >= 0.6 is 46.4 Å². The van der Waals surface area contributed by atoms with E-state index >= 15 is 4.39 Å². The Bertz CT molecular complexity index is 7060. The predicted molar refractivity (Wildman–Crippen MR) is 548 cm³/mol. The normalized spacial score (nSPS) is 15.2. The molecular weight excluding hydrogens is 1900 g/mol. The number of halogens is 5. The lowest BCUT2D eigenvalue weighted by Crippen LogP contribution is -2.48. The Labute approximate surface area is 841 Å². The van der Waals surface area contributed by atoms with E-state index in [-0.39, 0.29) is 30.1 Å². The Morgan fingerprint density at radius 1 is 0.420 bits per heavy atom. The van der Waals surface area contributed by atoms with Gasteiger partial charge in [0, 0.05) is 119 Å². The summed E-state index contributed by atoms with van der Waals surface area (Å²) < 4.78 is 23.0. The Morgan fingerprint density at radius 2 is 0.839 bits per heavy atom. The van der Waals surface area contributed by atoms with Gasteiger partial charge < -0.3 is 75.8 Å². The minimum Gasteiger partial charge on any atom is -0.366 e. The highest BCUT2D eigenvalue weighted by Crippen LogP contribution is 2.35. The van der Waals surface area contributed by atoms with Gasteiger partial charge in [-0.25, -0.2) is 73.7 Å². The molecule has 2 unspecified atom stereocenters. The maximum Gasteiger partial charge on any atom is 0.229 e. The zero-order valence-corrected chi connectivity index (χ0v) is 82.2. The van der Waals surface area contributed by atoms with E-state index in [0.717, 1.165) is 184 Å². The second kappa shape index (κ2) is 45.4. The van der Waals surface area contributed by atoms with Crippen molar-refractivity contribution in [3.63, 3.8) is 0 Å². The summed E-state index contributed by atoms with van der Waals surface area (Å²) in [6.07, 6.45) is 28.6. The third kappa shape index (κ3) is 25.0. The van der Waals surface area contributed by atoms with Gasteiger partial charge in [-0.05, 0) is 137 Å². The summed E-state index contributed by atoms with van der Waals surface area (Å²) in [6, 6.07) is 32.0. The van der Waals surface area contributed by atoms with Crippen molar-refractivity contribution in [3.8, 4) is 24.3 Å². The molecule has 0 aromatic carbocycles. The Balaban J connectivity index is 0.000000131. The number of hydrogen-bond acceptors (Lipinski definition) is 38. The lowest BCUT2D eigenvalue weighted by atomic mass is 9.96. The summed E-state index contributed by atoms with van der Waals surface area (Å²) in [6.45, 7) is 23.1. The Kier molecular flexibility index (Phi) is 31.3. The maximum absolute atomic E-state index is 15.1. The Hall–Kier alpha value is -16.1. The van der Waals surface area contributed by atoms with Crippen molar-refractivity contribution in [2.45, 2.75) is 162 Å². The largest absolute Gasteiger partial charge is 0.366 e. The Morgan fingerprint density at radius 3 is 1.25 bits per heavy atom. The van der Waals surface area contributed by atoms with Gasteiger partial charge in [-0.3, -0.25) is 0 Å². The second-order valence-corrected chi connectivity index (χ2v) is 37.5. The summed E-state index contributed by atoms with van der Waals surface area (Å²) in [4.78, 5) is 84.0. The number of nitrogens with zero attached hydrogens (tertiary/aromatic N) is 34. The molecule has 143 heavy (non-hydrogen) atoms. The highest BCUT2D eigenvalue weighted by molar-refractivity contribution is 6.34. The van der Waals surface area contributed by atoms with Crippen LogP contribution in [0.3, 0.4) is 0 Å². The highest BCUT2D eigenvalue weighted by Gasteiger charge is 2.33. The lowest BCUT2D eigenvalue weighted by molar-refractivity contribution is 0.263. The number of anilines is 16. The maximum atomic E-state index is 15.1. The minimum atomic E-state index is -1.18. The van der Waals surface area contributed by atoms with Crippen LogP contribution in [0.1, 0.15) is 135 Å². The van der Waals surface area contributed by atoms with E-state index in [1.54, 1.807) is 78.2 Å². The number of hydrogen-bond donors (Lipinski definition) is 8. The molecule has 0 radical (unpaired) electrons. The van der Waals surface area contributed by atoms with E-state index in [9.17, 15) is 0 Å². The number of nitriles is 4. The third-order valence-electron chi connectivity index (χ3n) is 23.8. The van der Waals surface area contributed by atoms with Gasteiger partial charge in [0.05, 0.1) is 109 Å². The molecule has 16 aromatic rings. The number of pyridine rings is 6. The summed E-state index contributed by atoms with van der Waals surface area (Å²) in [5.41, 5.74) is 10.2. The first-order valence-corrected chi connectivity index (χ1v) is 48.3. The van der Waals surface area contributed by atoms with Crippen molar-refractivity contribution < 1.29 is 4.39 Å². The molecule has 0 spiro atoms. The van der Waals surface area contributed by atoms with Crippen molar-refractivity contribution in [2.24, 2.45) is 5.92 Å². The van der Waals surface area contributed by atoms with Crippen LogP contribution < -0.4 is 62.1 Å². The van der Waals surface area contributed by atoms with Crippen LogP contribution in [0.5, 0.6) is 0 Å². The van der Waals surface area contributed by atoms with E-state index < -0.39 is 12.2 Å². The van der Waals surface area contributed by atoms with Crippen molar-refractivity contribution in [1.82, 2.24) is 128 Å². The van der Waals surface area contributed by atoms with Crippen LogP contribution in [0, 0.1) is 51.2 Å². The molecule has 20 heterocycles. The van der Waals surface area contributed by atoms with Crippen LogP contribution in [0.25, 0.3) is 39.1 Å². The number of fused-ring (bicyclic) bond motifs is 4. The number of alkyl halides is 1. The molecule has 4 fully saturated rings. The zero-order chi connectivity index (χ0) is 99.6. The standard InChI is InChI=1S/C25H26ClFN10.C24H26ClN11.C24H25ClN10.C23H24ClN11/c1-25(2,3)23-33-21-10-16(6-9-37(21)35-23)31-24-30-13-17(26)22(34-24)32-19-7-8-36(14-18(19)27)20-5-4-15(11-28)12-29-20;1-15(2)13-36-14-29-23-20(36)9-18(11-27-23)31-24-28-12-19(25)22(32-24)30-16-5-7-35(8-6-16)21-4-3-17(10-26)33-34-21;1-2-7-35-15-30-20-10-18(13-28-23(20)35)32-24-29-14-19(25)22(33-24)31-17-5-8-34(9-6-17)21-4-3-16(11-26)12-27-21;1-2-7-35-14-28-19-10-17(12-26-22(19)35)30-23-27-13-18(24)21(31-23)29-15-5-8-34(9-6-15)20-4-3-16(11-25)32-33-20/h4-6,9-10,12-13,18-19H,7-8,14H2,1-3H3,(H2,30,31,32,34);3-4,9,11-12,14-16H,5-8,13H2,1-2H3,(H2,28,30,31,32);3-4,10,12-15,17H,2,5-9H2,1H3,(H2,29,31,32,33);3-4,10,12-15H,2,5-9H2,1H3,(H2,27,29,30,31). The van der Waals surface area contributed by atoms with Crippen LogP contribution in [0.4, 0.5) is 97.5 Å². The van der Waals surface area contributed by atoms with Gasteiger partial charge >= 0.3 is 0 Å². The fourth-order valence-corrected chi connectivity index (χ4v) is 17.1. The van der Waals surface area contributed by atoms with Gasteiger partial charge in [-0.2, -0.15) is 46.1 Å². The molecule has 47 heteroatoms. The molecule has 16 aromatic heterocycles. The molecule has 8 N–H and O–H groups in total. The average molecular weight is 2000 g/mol. The molecule has 42 nitrogen and oxygen atoms in total. The second-order valence-electron chi connectivity index (χ2n) is 35.9. The molecule has 4 saturated heterocycles. The number of nitrogens with one attached hydrogen (secondary N) is 8. The van der Waals surface area contributed by atoms with Crippen molar-refractivity contribution >= 4 is 179 Å². The van der Waals surface area contributed by atoms with Crippen molar-refractivity contribution in [1.29, 1.82) is 21.0 Å². The molecule has 4 aliphatic rings.